The van der Waals surface area contributed by atoms with Gasteiger partial charge in [-0.2, -0.15) is 0 Å². The van der Waals surface area contributed by atoms with Gasteiger partial charge in [-0.15, -0.1) is 0 Å². The van der Waals surface area contributed by atoms with E-state index in [1.807, 2.05) is 20.8 Å². The minimum absolute atomic E-state index is 0.170. The van der Waals surface area contributed by atoms with Gasteiger partial charge in [0.15, 0.2) is 18.1 Å². The molecule has 7 nitrogen and oxygen atoms in total. The normalized spacial score (nSPS) is 11.0. The fraction of sp³-hybridized carbons (Fsp3) is 0.353. The van der Waals surface area contributed by atoms with Crippen molar-refractivity contribution in [2.75, 3.05) is 19.0 Å². The number of carbonyl (C=O) groups excluding carboxylic acids is 2. The zero-order chi connectivity index (χ0) is 17.7. The molecule has 7 heteroatoms. The highest BCUT2D eigenvalue weighted by Gasteiger charge is 2.19. The second-order valence-corrected chi connectivity index (χ2v) is 6.19. The van der Waals surface area contributed by atoms with Crippen molar-refractivity contribution >= 4 is 18.1 Å². The SMILES string of the molecule is COc1cc(C=O)ccc1OCC(=O)Nc1cc(C(C)(C)C)no1. The molecule has 1 aromatic heterocycles. The van der Waals surface area contributed by atoms with Crippen molar-refractivity contribution in [1.29, 1.82) is 0 Å². The van der Waals surface area contributed by atoms with Gasteiger partial charge in [-0.05, 0) is 18.2 Å². The van der Waals surface area contributed by atoms with Crippen molar-refractivity contribution < 1.29 is 23.6 Å². The number of hydrogen-bond donors (Lipinski definition) is 1. The maximum absolute atomic E-state index is 11.9. The van der Waals surface area contributed by atoms with Crippen LogP contribution in [-0.4, -0.2) is 31.1 Å². The van der Waals surface area contributed by atoms with Crippen molar-refractivity contribution in [3.05, 3.63) is 35.5 Å². The third-order valence-corrected chi connectivity index (χ3v) is 3.22. The molecule has 0 fully saturated rings. The standard InChI is InChI=1S/C17H20N2O5/c1-17(2,3)14-8-16(24-19-14)18-15(21)10-23-12-6-5-11(9-20)7-13(12)22-4/h5-9H,10H2,1-4H3,(H,18,21). The van der Waals surface area contributed by atoms with E-state index in [2.05, 4.69) is 10.5 Å². The van der Waals surface area contributed by atoms with Crippen LogP contribution in [0.3, 0.4) is 0 Å². The van der Waals surface area contributed by atoms with Crippen molar-refractivity contribution in [3.8, 4) is 11.5 Å². The molecular weight excluding hydrogens is 312 g/mol. The Kier molecular flexibility index (Phi) is 5.23. The van der Waals surface area contributed by atoms with E-state index >= 15 is 0 Å². The summed E-state index contributed by atoms with van der Waals surface area (Å²) in [6.07, 6.45) is 0.704. The molecule has 0 bridgehead atoms. The van der Waals surface area contributed by atoms with Gasteiger partial charge >= 0.3 is 0 Å². The Morgan fingerprint density at radius 1 is 1.29 bits per heavy atom. The lowest BCUT2D eigenvalue weighted by Gasteiger charge is -2.12. The molecule has 0 aliphatic heterocycles. The number of hydrogen-bond acceptors (Lipinski definition) is 6. The minimum Gasteiger partial charge on any atom is -0.493 e. The van der Waals surface area contributed by atoms with E-state index < -0.39 is 5.91 Å². The predicted molar refractivity (Wildman–Crippen MR) is 87.7 cm³/mol. The van der Waals surface area contributed by atoms with Crippen LogP contribution in [-0.2, 0) is 10.2 Å². The highest BCUT2D eigenvalue weighted by Crippen LogP contribution is 2.27. The van der Waals surface area contributed by atoms with Gasteiger partial charge < -0.3 is 14.0 Å². The maximum atomic E-state index is 11.9. The Bertz CT molecular complexity index is 731. The van der Waals surface area contributed by atoms with Crippen LogP contribution in [0.1, 0.15) is 36.8 Å². The molecule has 0 saturated carbocycles. The second kappa shape index (κ2) is 7.16. The number of benzene rings is 1. The van der Waals surface area contributed by atoms with Crippen molar-refractivity contribution in [1.82, 2.24) is 5.16 Å². The highest BCUT2D eigenvalue weighted by atomic mass is 16.5. The fourth-order valence-corrected chi connectivity index (χ4v) is 1.88. The summed E-state index contributed by atoms with van der Waals surface area (Å²) in [4.78, 5) is 22.7. The van der Waals surface area contributed by atoms with Crippen LogP contribution < -0.4 is 14.8 Å². The highest BCUT2D eigenvalue weighted by molar-refractivity contribution is 5.90. The van der Waals surface area contributed by atoms with E-state index in [4.69, 9.17) is 14.0 Å². The summed E-state index contributed by atoms with van der Waals surface area (Å²) >= 11 is 0. The molecule has 0 radical (unpaired) electrons. The molecule has 1 aromatic carbocycles. The number of amides is 1. The van der Waals surface area contributed by atoms with Crippen LogP contribution in [0.4, 0.5) is 5.88 Å². The minimum atomic E-state index is -0.395. The van der Waals surface area contributed by atoms with Crippen LogP contribution in [0.25, 0.3) is 0 Å². The third-order valence-electron chi connectivity index (χ3n) is 3.22. The summed E-state index contributed by atoms with van der Waals surface area (Å²) in [6.45, 7) is 5.75. The summed E-state index contributed by atoms with van der Waals surface area (Å²) in [6, 6.07) is 6.36. The number of nitrogens with zero attached hydrogens (tertiary/aromatic N) is 1. The Hall–Kier alpha value is -2.83. The first-order chi connectivity index (χ1) is 11.3. The van der Waals surface area contributed by atoms with E-state index in [0.29, 0.717) is 23.3 Å². The molecule has 1 amide bonds. The summed E-state index contributed by atoms with van der Waals surface area (Å²) in [5, 5.41) is 6.50. The van der Waals surface area contributed by atoms with E-state index in [1.165, 1.54) is 13.2 Å². The zero-order valence-corrected chi connectivity index (χ0v) is 14.1. The number of ether oxygens (including phenoxy) is 2. The molecule has 0 spiro atoms. The Morgan fingerprint density at radius 2 is 2.04 bits per heavy atom. The summed E-state index contributed by atoms with van der Waals surface area (Å²) < 4.78 is 15.6. The molecule has 0 unspecified atom stereocenters. The molecule has 24 heavy (non-hydrogen) atoms. The zero-order valence-electron chi connectivity index (χ0n) is 14.1. The van der Waals surface area contributed by atoms with Gasteiger partial charge in [0.2, 0.25) is 5.88 Å². The first-order valence-electron chi connectivity index (χ1n) is 7.36. The van der Waals surface area contributed by atoms with Crippen LogP contribution >= 0.6 is 0 Å². The molecule has 2 rings (SSSR count). The van der Waals surface area contributed by atoms with Crippen LogP contribution in [0.15, 0.2) is 28.8 Å². The van der Waals surface area contributed by atoms with Crippen molar-refractivity contribution in [2.45, 2.75) is 26.2 Å². The monoisotopic (exact) mass is 332 g/mol. The molecule has 0 atom stereocenters. The van der Waals surface area contributed by atoms with Gasteiger partial charge in [0.1, 0.15) is 6.29 Å². The molecular formula is C17H20N2O5. The van der Waals surface area contributed by atoms with Gasteiger partial charge in [0.05, 0.1) is 12.8 Å². The lowest BCUT2D eigenvalue weighted by atomic mass is 9.92. The number of rotatable bonds is 6. The molecule has 1 heterocycles. The van der Waals surface area contributed by atoms with Gasteiger partial charge in [0, 0.05) is 17.0 Å². The quantitative estimate of drug-likeness (QED) is 0.818. The smallest absolute Gasteiger partial charge is 0.264 e. The van der Waals surface area contributed by atoms with Gasteiger partial charge in [-0.3, -0.25) is 14.9 Å². The Morgan fingerprint density at radius 3 is 2.62 bits per heavy atom. The second-order valence-electron chi connectivity index (χ2n) is 6.19. The first kappa shape index (κ1) is 17.5. The van der Waals surface area contributed by atoms with Crippen LogP contribution in [0.5, 0.6) is 11.5 Å². The topological polar surface area (TPSA) is 90.7 Å². The van der Waals surface area contributed by atoms with Crippen molar-refractivity contribution in [2.24, 2.45) is 0 Å². The fourth-order valence-electron chi connectivity index (χ4n) is 1.88. The molecule has 0 aliphatic carbocycles. The van der Waals surface area contributed by atoms with Gasteiger partial charge in [-0.25, -0.2) is 0 Å². The molecule has 0 saturated heterocycles. The van der Waals surface area contributed by atoms with Gasteiger partial charge in [-0.1, -0.05) is 25.9 Å². The molecule has 1 N–H and O–H groups in total. The van der Waals surface area contributed by atoms with E-state index in [9.17, 15) is 9.59 Å². The van der Waals surface area contributed by atoms with Crippen molar-refractivity contribution in [3.63, 3.8) is 0 Å². The molecule has 2 aromatic rings. The predicted octanol–water partition coefficient (Wildman–Crippen LogP) is 2.81. The number of aldehydes is 1. The first-order valence-corrected chi connectivity index (χ1v) is 7.36. The largest absolute Gasteiger partial charge is 0.493 e. The third kappa shape index (κ3) is 4.34. The summed E-state index contributed by atoms with van der Waals surface area (Å²) in [5.41, 5.74) is 1.03. The number of aromatic nitrogens is 1. The molecule has 128 valence electrons. The van der Waals surface area contributed by atoms with E-state index in [0.717, 1.165) is 5.69 Å². The lowest BCUT2D eigenvalue weighted by molar-refractivity contribution is -0.118. The number of anilines is 1. The van der Waals surface area contributed by atoms with Gasteiger partial charge in [0.25, 0.3) is 5.91 Å². The molecule has 0 aliphatic rings. The van der Waals surface area contributed by atoms with E-state index in [1.54, 1.807) is 18.2 Å². The van der Waals surface area contributed by atoms with Crippen LogP contribution in [0, 0.1) is 0 Å². The average molecular weight is 332 g/mol. The van der Waals surface area contributed by atoms with E-state index in [-0.39, 0.29) is 17.9 Å². The number of carbonyl (C=O) groups is 2. The number of methoxy groups -OCH3 is 1. The Balaban J connectivity index is 1.96. The summed E-state index contributed by atoms with van der Waals surface area (Å²) in [5.74, 6) is 0.609. The Labute approximate surface area is 139 Å². The van der Waals surface area contributed by atoms with Crippen LogP contribution in [0.2, 0.25) is 0 Å². The maximum Gasteiger partial charge on any atom is 0.264 e. The average Bonchev–Trinajstić information content (AvgIpc) is 3.01. The number of nitrogens with one attached hydrogen (secondary N) is 1. The summed E-state index contributed by atoms with van der Waals surface area (Å²) in [7, 11) is 1.46. The lowest BCUT2D eigenvalue weighted by Crippen LogP contribution is -2.20.